The predicted molar refractivity (Wildman–Crippen MR) is 71.0 cm³/mol. The molecule has 1 rings (SSSR count). The molecule has 0 aliphatic heterocycles. The van der Waals surface area contributed by atoms with Gasteiger partial charge in [0.2, 0.25) is 0 Å². The molecule has 0 spiro atoms. The number of unbranched alkanes of at least 4 members (excludes halogenated alkanes) is 3. The van der Waals surface area contributed by atoms with E-state index >= 15 is 0 Å². The lowest BCUT2D eigenvalue weighted by molar-refractivity contribution is 0.503. The maximum Gasteiger partial charge on any atom is 0.0999 e. The van der Waals surface area contributed by atoms with E-state index in [-0.39, 0.29) is 0 Å². The summed E-state index contributed by atoms with van der Waals surface area (Å²) in [5.41, 5.74) is 2.38. The highest BCUT2D eigenvalue weighted by Crippen LogP contribution is 2.18. The molecule has 0 saturated heterocycles. The van der Waals surface area contributed by atoms with Gasteiger partial charge in [-0.05, 0) is 19.4 Å². The molecule has 0 aliphatic carbocycles. The third-order valence-electron chi connectivity index (χ3n) is 2.96. The SMILES string of the molecule is CCCCCCn1nnc(CNC)c1C(C)C. The molecule has 4 nitrogen and oxygen atoms in total. The first-order chi connectivity index (χ1) is 8.20. The zero-order valence-corrected chi connectivity index (χ0v) is 11.7. The van der Waals surface area contributed by atoms with Crippen molar-refractivity contribution in [3.8, 4) is 0 Å². The van der Waals surface area contributed by atoms with Crippen LogP contribution in [-0.4, -0.2) is 22.0 Å². The van der Waals surface area contributed by atoms with Crippen LogP contribution >= 0.6 is 0 Å². The summed E-state index contributed by atoms with van der Waals surface area (Å²) in [5.74, 6) is 0.486. The Morgan fingerprint density at radius 3 is 2.59 bits per heavy atom. The second-order valence-electron chi connectivity index (χ2n) is 4.89. The topological polar surface area (TPSA) is 42.7 Å². The number of aryl methyl sites for hydroxylation is 1. The summed E-state index contributed by atoms with van der Waals surface area (Å²) in [6.07, 6.45) is 5.08. The van der Waals surface area contributed by atoms with Crippen LogP contribution in [0.5, 0.6) is 0 Å². The summed E-state index contributed by atoms with van der Waals surface area (Å²) in [4.78, 5) is 0. The summed E-state index contributed by atoms with van der Waals surface area (Å²) in [6, 6.07) is 0. The highest BCUT2D eigenvalue weighted by atomic mass is 15.4. The van der Waals surface area contributed by atoms with Gasteiger partial charge in [-0.15, -0.1) is 5.10 Å². The molecule has 98 valence electrons. The van der Waals surface area contributed by atoms with Crippen molar-refractivity contribution in [3.63, 3.8) is 0 Å². The van der Waals surface area contributed by atoms with E-state index in [4.69, 9.17) is 0 Å². The van der Waals surface area contributed by atoms with Gasteiger partial charge in [-0.25, -0.2) is 4.68 Å². The minimum atomic E-state index is 0.486. The Hall–Kier alpha value is -0.900. The Morgan fingerprint density at radius 1 is 1.24 bits per heavy atom. The maximum atomic E-state index is 4.28. The van der Waals surface area contributed by atoms with Crippen molar-refractivity contribution in [2.75, 3.05) is 7.05 Å². The second kappa shape index (κ2) is 7.43. The standard InChI is InChI=1S/C13H26N4/c1-5-6-7-8-9-17-13(11(2)3)12(10-14-4)15-16-17/h11,14H,5-10H2,1-4H3. The first kappa shape index (κ1) is 14.2. The lowest BCUT2D eigenvalue weighted by atomic mass is 10.1. The number of hydrogen-bond donors (Lipinski definition) is 1. The monoisotopic (exact) mass is 238 g/mol. The van der Waals surface area contributed by atoms with Gasteiger partial charge >= 0.3 is 0 Å². The lowest BCUT2D eigenvalue weighted by Crippen LogP contribution is -2.11. The number of nitrogens with zero attached hydrogens (tertiary/aromatic N) is 3. The third kappa shape index (κ3) is 4.11. The first-order valence-corrected chi connectivity index (χ1v) is 6.77. The van der Waals surface area contributed by atoms with Crippen LogP contribution < -0.4 is 5.32 Å². The van der Waals surface area contributed by atoms with Crippen molar-refractivity contribution in [2.24, 2.45) is 0 Å². The molecule has 0 bridgehead atoms. The van der Waals surface area contributed by atoms with Crippen molar-refractivity contribution < 1.29 is 0 Å². The van der Waals surface area contributed by atoms with Gasteiger partial charge in [-0.1, -0.05) is 45.2 Å². The third-order valence-corrected chi connectivity index (χ3v) is 2.96. The van der Waals surface area contributed by atoms with Crippen molar-refractivity contribution in [1.82, 2.24) is 20.3 Å². The lowest BCUT2D eigenvalue weighted by Gasteiger charge is -2.10. The van der Waals surface area contributed by atoms with Crippen LogP contribution in [0.25, 0.3) is 0 Å². The minimum Gasteiger partial charge on any atom is -0.314 e. The van der Waals surface area contributed by atoms with E-state index in [1.165, 1.54) is 31.4 Å². The number of nitrogens with one attached hydrogen (secondary N) is 1. The van der Waals surface area contributed by atoms with Crippen LogP contribution in [0.15, 0.2) is 0 Å². The highest BCUT2D eigenvalue weighted by Gasteiger charge is 2.14. The normalized spacial score (nSPS) is 11.4. The van der Waals surface area contributed by atoms with Gasteiger partial charge in [0.1, 0.15) is 0 Å². The van der Waals surface area contributed by atoms with Gasteiger partial charge in [0.15, 0.2) is 0 Å². The van der Waals surface area contributed by atoms with Crippen molar-refractivity contribution in [2.45, 2.75) is 65.5 Å². The van der Waals surface area contributed by atoms with Crippen LogP contribution in [0, 0.1) is 0 Å². The zero-order valence-electron chi connectivity index (χ0n) is 11.7. The second-order valence-corrected chi connectivity index (χ2v) is 4.89. The summed E-state index contributed by atoms with van der Waals surface area (Å²) >= 11 is 0. The summed E-state index contributed by atoms with van der Waals surface area (Å²) in [7, 11) is 1.95. The van der Waals surface area contributed by atoms with E-state index in [9.17, 15) is 0 Å². The van der Waals surface area contributed by atoms with E-state index in [0.717, 1.165) is 18.8 Å². The average molecular weight is 238 g/mol. The number of rotatable bonds is 8. The predicted octanol–water partition coefficient (Wildman–Crippen LogP) is 2.70. The number of hydrogen-bond acceptors (Lipinski definition) is 3. The van der Waals surface area contributed by atoms with Crippen molar-refractivity contribution in [3.05, 3.63) is 11.4 Å². The maximum absolute atomic E-state index is 4.28. The molecule has 0 atom stereocenters. The zero-order chi connectivity index (χ0) is 12.7. The molecule has 0 aromatic carbocycles. The van der Waals surface area contributed by atoms with E-state index in [2.05, 4.69) is 41.1 Å². The van der Waals surface area contributed by atoms with Gasteiger partial charge in [0, 0.05) is 13.1 Å². The Labute approximate surface area is 105 Å². The summed E-state index contributed by atoms with van der Waals surface area (Å²) < 4.78 is 2.09. The van der Waals surface area contributed by atoms with Crippen LogP contribution in [-0.2, 0) is 13.1 Å². The van der Waals surface area contributed by atoms with E-state index < -0.39 is 0 Å². The van der Waals surface area contributed by atoms with E-state index in [1.807, 2.05) is 7.05 Å². The van der Waals surface area contributed by atoms with Crippen LogP contribution in [0.2, 0.25) is 0 Å². The van der Waals surface area contributed by atoms with Crippen LogP contribution in [0.1, 0.15) is 63.8 Å². The smallest absolute Gasteiger partial charge is 0.0999 e. The Kier molecular flexibility index (Phi) is 6.19. The van der Waals surface area contributed by atoms with Gasteiger partial charge in [0.05, 0.1) is 11.4 Å². The molecule has 1 heterocycles. The number of aromatic nitrogens is 3. The Morgan fingerprint density at radius 2 is 2.00 bits per heavy atom. The molecule has 17 heavy (non-hydrogen) atoms. The fraction of sp³-hybridized carbons (Fsp3) is 0.846. The quantitative estimate of drug-likeness (QED) is 0.708. The molecule has 0 saturated carbocycles. The fourth-order valence-corrected chi connectivity index (χ4v) is 2.13. The summed E-state index contributed by atoms with van der Waals surface area (Å²) in [5, 5.41) is 11.7. The van der Waals surface area contributed by atoms with Crippen molar-refractivity contribution >= 4 is 0 Å². The highest BCUT2D eigenvalue weighted by molar-refractivity contribution is 5.14. The molecular weight excluding hydrogens is 212 g/mol. The van der Waals surface area contributed by atoms with Gasteiger partial charge in [0.25, 0.3) is 0 Å². The Bertz CT molecular complexity index is 317. The van der Waals surface area contributed by atoms with E-state index in [0.29, 0.717) is 5.92 Å². The first-order valence-electron chi connectivity index (χ1n) is 6.77. The minimum absolute atomic E-state index is 0.486. The van der Waals surface area contributed by atoms with Crippen LogP contribution in [0.3, 0.4) is 0 Å². The molecular formula is C13H26N4. The molecule has 0 aliphatic rings. The van der Waals surface area contributed by atoms with Crippen molar-refractivity contribution in [1.29, 1.82) is 0 Å². The Balaban J connectivity index is 2.64. The molecule has 0 fully saturated rings. The van der Waals surface area contributed by atoms with Gasteiger partial charge in [-0.2, -0.15) is 0 Å². The summed E-state index contributed by atoms with van der Waals surface area (Å²) in [6.45, 7) is 8.47. The average Bonchev–Trinajstić information content (AvgIpc) is 2.68. The molecule has 4 heteroatoms. The molecule has 0 amide bonds. The van der Waals surface area contributed by atoms with Gasteiger partial charge < -0.3 is 5.32 Å². The molecule has 0 unspecified atom stereocenters. The van der Waals surface area contributed by atoms with Gasteiger partial charge in [-0.3, -0.25) is 0 Å². The molecule has 1 N–H and O–H groups in total. The fourth-order valence-electron chi connectivity index (χ4n) is 2.13. The molecule has 0 radical (unpaired) electrons. The van der Waals surface area contributed by atoms with Crippen LogP contribution in [0.4, 0.5) is 0 Å². The largest absolute Gasteiger partial charge is 0.314 e. The molecule has 1 aromatic heterocycles. The molecule has 1 aromatic rings. The van der Waals surface area contributed by atoms with E-state index in [1.54, 1.807) is 0 Å².